The van der Waals surface area contributed by atoms with Crippen LogP contribution in [0.3, 0.4) is 0 Å². The maximum atomic E-state index is 12.4. The summed E-state index contributed by atoms with van der Waals surface area (Å²) in [5.41, 5.74) is 2.05. The molecule has 1 aliphatic carbocycles. The molecule has 1 aromatic rings. The first-order chi connectivity index (χ1) is 9.41. The fourth-order valence-corrected chi connectivity index (χ4v) is 2.75. The molecule has 0 heterocycles. The zero-order chi connectivity index (χ0) is 14.8. The Morgan fingerprint density at radius 1 is 1.20 bits per heavy atom. The minimum absolute atomic E-state index is 0.167. The number of carbonyl (C=O) groups excluding carboxylic acids is 1. The first-order valence-electron chi connectivity index (χ1n) is 7.29. The Bertz CT molecular complexity index is 503. The van der Waals surface area contributed by atoms with Crippen molar-refractivity contribution in [3.8, 4) is 5.75 Å². The van der Waals surface area contributed by atoms with Gasteiger partial charge in [0.05, 0.1) is 7.11 Å². The number of hydrogen-bond donors (Lipinski definition) is 0. The number of rotatable bonds is 3. The van der Waals surface area contributed by atoms with Crippen molar-refractivity contribution in [2.75, 3.05) is 7.11 Å². The van der Waals surface area contributed by atoms with Gasteiger partial charge in [0.1, 0.15) is 5.75 Å². The molecule has 0 saturated heterocycles. The van der Waals surface area contributed by atoms with E-state index in [1.807, 2.05) is 24.3 Å². The summed E-state index contributed by atoms with van der Waals surface area (Å²) in [6.45, 7) is 6.84. The SMILES string of the molecule is COc1ccc(C(=O)C2=CCC(C(C)(C)C)CC2)cc1. The first-order valence-corrected chi connectivity index (χ1v) is 7.29. The molecule has 0 amide bonds. The quantitative estimate of drug-likeness (QED) is 0.749. The number of allylic oxidation sites excluding steroid dienone is 2. The van der Waals surface area contributed by atoms with Gasteiger partial charge in [-0.2, -0.15) is 0 Å². The van der Waals surface area contributed by atoms with Gasteiger partial charge in [0.15, 0.2) is 5.78 Å². The summed E-state index contributed by atoms with van der Waals surface area (Å²) in [4.78, 5) is 12.4. The average molecular weight is 272 g/mol. The summed E-state index contributed by atoms with van der Waals surface area (Å²) in [6, 6.07) is 7.37. The van der Waals surface area contributed by atoms with E-state index in [2.05, 4.69) is 26.8 Å². The molecule has 1 unspecified atom stereocenters. The number of hydrogen-bond acceptors (Lipinski definition) is 2. The van der Waals surface area contributed by atoms with Crippen molar-refractivity contribution in [2.24, 2.45) is 11.3 Å². The van der Waals surface area contributed by atoms with E-state index < -0.39 is 0 Å². The summed E-state index contributed by atoms with van der Waals surface area (Å²) >= 11 is 0. The van der Waals surface area contributed by atoms with Crippen molar-refractivity contribution in [2.45, 2.75) is 40.0 Å². The minimum Gasteiger partial charge on any atom is -0.497 e. The molecule has 0 N–H and O–H groups in total. The van der Waals surface area contributed by atoms with E-state index in [0.29, 0.717) is 11.3 Å². The van der Waals surface area contributed by atoms with Crippen LogP contribution in [0.2, 0.25) is 0 Å². The second-order valence-corrected chi connectivity index (χ2v) is 6.62. The van der Waals surface area contributed by atoms with Crippen LogP contribution in [0.5, 0.6) is 5.75 Å². The molecular weight excluding hydrogens is 248 g/mol. The van der Waals surface area contributed by atoms with E-state index in [1.165, 1.54) is 0 Å². The van der Waals surface area contributed by atoms with Crippen LogP contribution >= 0.6 is 0 Å². The lowest BCUT2D eigenvalue weighted by Gasteiger charge is -2.33. The Balaban J connectivity index is 2.08. The van der Waals surface area contributed by atoms with E-state index in [0.717, 1.165) is 36.1 Å². The fraction of sp³-hybridized carbons (Fsp3) is 0.500. The smallest absolute Gasteiger partial charge is 0.188 e. The Morgan fingerprint density at radius 3 is 2.30 bits per heavy atom. The molecule has 0 saturated carbocycles. The van der Waals surface area contributed by atoms with E-state index in [-0.39, 0.29) is 5.78 Å². The lowest BCUT2D eigenvalue weighted by molar-refractivity contribution is 0.102. The summed E-state index contributed by atoms with van der Waals surface area (Å²) in [6.07, 6.45) is 5.16. The summed E-state index contributed by atoms with van der Waals surface area (Å²) in [5, 5.41) is 0. The molecule has 2 rings (SSSR count). The number of Topliss-reactive ketones (excluding diaryl/α,β-unsaturated/α-hetero) is 1. The second kappa shape index (κ2) is 5.82. The van der Waals surface area contributed by atoms with Gasteiger partial charge in [0, 0.05) is 5.56 Å². The number of carbonyl (C=O) groups is 1. The Hall–Kier alpha value is -1.57. The molecule has 0 radical (unpaired) electrons. The van der Waals surface area contributed by atoms with Gasteiger partial charge < -0.3 is 4.74 Å². The highest BCUT2D eigenvalue weighted by Crippen LogP contribution is 2.37. The van der Waals surface area contributed by atoms with E-state index >= 15 is 0 Å². The Kier molecular flexibility index (Phi) is 4.32. The van der Waals surface area contributed by atoms with E-state index in [1.54, 1.807) is 7.11 Å². The van der Waals surface area contributed by atoms with Crippen molar-refractivity contribution in [3.63, 3.8) is 0 Å². The van der Waals surface area contributed by atoms with Gasteiger partial charge in [0.2, 0.25) is 0 Å². The fourth-order valence-electron chi connectivity index (χ4n) is 2.75. The Labute approximate surface area is 121 Å². The molecule has 2 nitrogen and oxygen atoms in total. The van der Waals surface area contributed by atoms with Crippen LogP contribution in [0.4, 0.5) is 0 Å². The lowest BCUT2D eigenvalue weighted by atomic mass is 9.72. The van der Waals surface area contributed by atoms with Crippen molar-refractivity contribution < 1.29 is 9.53 Å². The van der Waals surface area contributed by atoms with Gasteiger partial charge in [-0.25, -0.2) is 0 Å². The molecule has 0 fully saturated rings. The highest BCUT2D eigenvalue weighted by molar-refractivity contribution is 6.08. The average Bonchev–Trinajstić information content (AvgIpc) is 2.46. The zero-order valence-corrected chi connectivity index (χ0v) is 12.9. The van der Waals surface area contributed by atoms with Crippen molar-refractivity contribution >= 4 is 5.78 Å². The maximum absolute atomic E-state index is 12.4. The third-order valence-corrected chi connectivity index (χ3v) is 4.28. The number of ether oxygens (including phenoxy) is 1. The van der Waals surface area contributed by atoms with Crippen LogP contribution in [-0.2, 0) is 0 Å². The molecule has 1 aliphatic rings. The van der Waals surface area contributed by atoms with Crippen LogP contribution < -0.4 is 4.74 Å². The highest BCUT2D eigenvalue weighted by Gasteiger charge is 2.27. The van der Waals surface area contributed by atoms with Crippen molar-refractivity contribution in [1.29, 1.82) is 0 Å². The molecule has 0 aliphatic heterocycles. The van der Waals surface area contributed by atoms with Gasteiger partial charge in [0.25, 0.3) is 0 Å². The highest BCUT2D eigenvalue weighted by atomic mass is 16.5. The summed E-state index contributed by atoms with van der Waals surface area (Å²) < 4.78 is 5.12. The zero-order valence-electron chi connectivity index (χ0n) is 12.9. The number of methoxy groups -OCH3 is 1. The third-order valence-electron chi connectivity index (χ3n) is 4.28. The third kappa shape index (κ3) is 3.30. The Morgan fingerprint density at radius 2 is 1.85 bits per heavy atom. The lowest BCUT2D eigenvalue weighted by Crippen LogP contribution is -2.23. The summed E-state index contributed by atoms with van der Waals surface area (Å²) in [5.74, 6) is 1.63. The van der Waals surface area contributed by atoms with Gasteiger partial charge in [-0.05, 0) is 60.4 Å². The van der Waals surface area contributed by atoms with Gasteiger partial charge in [-0.1, -0.05) is 26.8 Å². The monoisotopic (exact) mass is 272 g/mol. The van der Waals surface area contributed by atoms with E-state index in [4.69, 9.17) is 4.74 Å². The van der Waals surface area contributed by atoms with Crippen molar-refractivity contribution in [3.05, 3.63) is 41.5 Å². The van der Waals surface area contributed by atoms with Crippen LogP contribution in [0.25, 0.3) is 0 Å². The standard InChI is InChI=1S/C18H24O2/c1-18(2,3)15-9-5-13(6-10-15)17(19)14-7-11-16(20-4)12-8-14/h5,7-8,11-12,15H,6,9-10H2,1-4H3. The molecule has 1 aromatic carbocycles. The maximum Gasteiger partial charge on any atom is 0.188 e. The molecule has 2 heteroatoms. The van der Waals surface area contributed by atoms with Gasteiger partial charge in [-0.3, -0.25) is 4.79 Å². The molecule has 1 atom stereocenters. The minimum atomic E-state index is 0.167. The largest absolute Gasteiger partial charge is 0.497 e. The topological polar surface area (TPSA) is 26.3 Å². The number of ketones is 1. The molecule has 20 heavy (non-hydrogen) atoms. The molecular formula is C18H24O2. The normalized spacial score (nSPS) is 19.4. The first kappa shape index (κ1) is 14.8. The molecule has 0 bridgehead atoms. The molecule has 108 valence electrons. The second-order valence-electron chi connectivity index (χ2n) is 6.62. The van der Waals surface area contributed by atoms with Gasteiger partial charge >= 0.3 is 0 Å². The molecule has 0 aromatic heterocycles. The van der Waals surface area contributed by atoms with Crippen LogP contribution in [0.15, 0.2) is 35.9 Å². The van der Waals surface area contributed by atoms with Crippen LogP contribution in [-0.4, -0.2) is 12.9 Å². The van der Waals surface area contributed by atoms with E-state index in [9.17, 15) is 4.79 Å². The van der Waals surface area contributed by atoms with Crippen LogP contribution in [0, 0.1) is 11.3 Å². The number of benzene rings is 1. The summed E-state index contributed by atoms with van der Waals surface area (Å²) in [7, 11) is 1.63. The van der Waals surface area contributed by atoms with Crippen LogP contribution in [0.1, 0.15) is 50.4 Å². The predicted molar refractivity (Wildman–Crippen MR) is 82.2 cm³/mol. The van der Waals surface area contributed by atoms with Crippen molar-refractivity contribution in [1.82, 2.24) is 0 Å². The van der Waals surface area contributed by atoms with Gasteiger partial charge in [-0.15, -0.1) is 0 Å². The molecule has 0 spiro atoms. The predicted octanol–water partition coefficient (Wildman–Crippen LogP) is 4.65.